The number of phosphoric ester groups is 1. The van der Waals surface area contributed by atoms with E-state index in [-0.39, 0.29) is 31.5 Å². The fourth-order valence-corrected chi connectivity index (χ4v) is 3.86. The van der Waals surface area contributed by atoms with Gasteiger partial charge in [0.15, 0.2) is 11.9 Å². The molecule has 156 valence electrons. The molecule has 28 heavy (non-hydrogen) atoms. The number of carbonyl (C=O) groups is 1. The fraction of sp³-hybridized carbons (Fsp3) is 0.938. The Labute approximate surface area is 168 Å². The van der Waals surface area contributed by atoms with Crippen LogP contribution in [0.2, 0.25) is 0 Å². The van der Waals surface area contributed by atoms with E-state index < -0.39 is 43.9 Å². The molecule has 2 aliphatic rings. The lowest BCUT2D eigenvalue weighted by Crippen LogP contribution is -2.35. The minimum Gasteiger partial charge on any atom is -0.380 e. The van der Waals surface area contributed by atoms with Crippen LogP contribution in [0.4, 0.5) is 0 Å². The topological polar surface area (TPSA) is 110 Å². The molecular formula is C16H27B2O9P. The van der Waals surface area contributed by atoms with Crippen LogP contribution in [0, 0.1) is 0 Å². The van der Waals surface area contributed by atoms with Crippen LogP contribution in [-0.4, -0.2) is 88.2 Å². The molecule has 7 unspecified atom stereocenters. The van der Waals surface area contributed by atoms with Crippen LogP contribution in [0.3, 0.4) is 0 Å². The zero-order valence-electron chi connectivity index (χ0n) is 16.6. The lowest BCUT2D eigenvalue weighted by atomic mass is 9.95. The molecule has 2 aliphatic heterocycles. The first kappa shape index (κ1) is 24.0. The largest absolute Gasteiger partial charge is 0.473 e. The van der Waals surface area contributed by atoms with Crippen molar-refractivity contribution in [1.29, 1.82) is 0 Å². The molecule has 2 rings (SSSR count). The number of carbonyl (C=O) groups excluding carboxylic acids is 1. The second kappa shape index (κ2) is 10.2. The maximum absolute atomic E-state index is 12.4. The van der Waals surface area contributed by atoms with E-state index in [2.05, 4.69) is 0 Å². The third-order valence-electron chi connectivity index (χ3n) is 4.14. The average Bonchev–Trinajstić information content (AvgIpc) is 3.04. The van der Waals surface area contributed by atoms with E-state index in [9.17, 15) is 14.3 Å². The zero-order valence-corrected chi connectivity index (χ0v) is 17.4. The highest BCUT2D eigenvalue weighted by Crippen LogP contribution is 2.47. The van der Waals surface area contributed by atoms with E-state index in [1.807, 2.05) is 13.8 Å². The van der Waals surface area contributed by atoms with E-state index >= 15 is 0 Å². The van der Waals surface area contributed by atoms with Crippen LogP contribution >= 0.6 is 7.82 Å². The second-order valence-electron chi connectivity index (χ2n) is 7.34. The molecule has 0 aromatic rings. The molecule has 0 aromatic carbocycles. The van der Waals surface area contributed by atoms with Gasteiger partial charge in [-0.15, -0.1) is 0 Å². The molecular weight excluding hydrogens is 389 g/mol. The highest BCUT2D eigenvalue weighted by atomic mass is 31.2. The average molecular weight is 416 g/mol. The van der Waals surface area contributed by atoms with Gasteiger partial charge >= 0.3 is 7.82 Å². The number of hydrogen-bond acceptors (Lipinski definition) is 8. The first-order chi connectivity index (χ1) is 13.0. The van der Waals surface area contributed by atoms with E-state index in [1.165, 1.54) is 0 Å². The van der Waals surface area contributed by atoms with Gasteiger partial charge in [0.2, 0.25) is 0 Å². The summed E-state index contributed by atoms with van der Waals surface area (Å²) in [4.78, 5) is 22.2. The monoisotopic (exact) mass is 416 g/mol. The maximum Gasteiger partial charge on any atom is 0.473 e. The van der Waals surface area contributed by atoms with E-state index in [0.29, 0.717) is 6.42 Å². The quantitative estimate of drug-likeness (QED) is 0.401. The molecule has 0 spiro atoms. The molecule has 0 amide bonds. The van der Waals surface area contributed by atoms with Crippen molar-refractivity contribution in [3.05, 3.63) is 0 Å². The van der Waals surface area contributed by atoms with Gasteiger partial charge < -0.3 is 23.8 Å². The van der Waals surface area contributed by atoms with Crippen LogP contribution in [0.15, 0.2) is 0 Å². The third-order valence-corrected chi connectivity index (χ3v) is 5.11. The van der Waals surface area contributed by atoms with Gasteiger partial charge in [-0.05, 0) is 34.1 Å². The van der Waals surface area contributed by atoms with Crippen LogP contribution in [0.25, 0.3) is 0 Å². The Bertz CT molecular complexity index is 576. The Kier molecular flexibility index (Phi) is 8.73. The highest BCUT2D eigenvalue weighted by Gasteiger charge is 2.46. The molecule has 2 heterocycles. The summed E-state index contributed by atoms with van der Waals surface area (Å²) in [7, 11) is 6.72. The Morgan fingerprint density at radius 2 is 1.82 bits per heavy atom. The normalized spacial score (nSPS) is 35.8. The van der Waals surface area contributed by atoms with E-state index in [1.54, 1.807) is 13.8 Å². The predicted molar refractivity (Wildman–Crippen MR) is 100 cm³/mol. The van der Waals surface area contributed by atoms with E-state index in [4.69, 9.17) is 43.7 Å². The van der Waals surface area contributed by atoms with Crippen LogP contribution in [-0.2, 0) is 37.4 Å². The number of ether oxygens (including phenoxy) is 4. The molecule has 9 nitrogen and oxygen atoms in total. The number of ketones is 1. The summed E-state index contributed by atoms with van der Waals surface area (Å²) in [6.07, 6.45) is -3.08. The van der Waals surface area contributed by atoms with Crippen LogP contribution < -0.4 is 0 Å². The summed E-state index contributed by atoms with van der Waals surface area (Å²) >= 11 is 0. The highest BCUT2D eigenvalue weighted by molar-refractivity contribution is 7.47. The Balaban J connectivity index is 1.94. The SMILES string of the molecule is [B]C1CC(OC(C)C)C(COP(=O)(O)OC2C(=O)C([B])OC2COC(C)C)O1. The number of hydrogen-bond donors (Lipinski definition) is 1. The molecule has 1 N–H and O–H groups in total. The number of rotatable bonds is 10. The molecule has 4 radical (unpaired) electrons. The molecule has 0 aromatic heterocycles. The predicted octanol–water partition coefficient (Wildman–Crippen LogP) is 0.453. The van der Waals surface area contributed by atoms with Crippen molar-refractivity contribution in [1.82, 2.24) is 0 Å². The van der Waals surface area contributed by atoms with Crippen molar-refractivity contribution >= 4 is 29.3 Å². The van der Waals surface area contributed by atoms with Gasteiger partial charge in [0.25, 0.3) is 0 Å². The smallest absolute Gasteiger partial charge is 0.380 e. The molecule has 7 atom stereocenters. The summed E-state index contributed by atoms with van der Waals surface area (Å²) in [6, 6.07) is -1.82. The number of phosphoric acid groups is 1. The summed E-state index contributed by atoms with van der Waals surface area (Å²) < 4.78 is 44.3. The van der Waals surface area contributed by atoms with Crippen molar-refractivity contribution in [2.75, 3.05) is 13.2 Å². The Morgan fingerprint density at radius 1 is 1.14 bits per heavy atom. The van der Waals surface area contributed by atoms with Gasteiger partial charge in [0, 0.05) is 6.00 Å². The van der Waals surface area contributed by atoms with E-state index in [0.717, 1.165) is 0 Å². The molecule has 2 fully saturated rings. The summed E-state index contributed by atoms with van der Waals surface area (Å²) in [5, 5.41) is 0. The van der Waals surface area contributed by atoms with Gasteiger partial charge in [0.05, 0.1) is 37.5 Å². The van der Waals surface area contributed by atoms with Crippen molar-refractivity contribution in [3.8, 4) is 0 Å². The summed E-state index contributed by atoms with van der Waals surface area (Å²) in [5.74, 6) is -0.657. The molecule has 2 saturated heterocycles. The van der Waals surface area contributed by atoms with Crippen molar-refractivity contribution in [2.45, 2.75) is 82.7 Å². The fourth-order valence-electron chi connectivity index (χ4n) is 2.94. The standard InChI is InChI=1S/C16H27B2O9P/c1-8(2)22-6-12-15(14(19)16(18)26-12)27-28(20,21)23-7-11-10(24-9(3)4)5-13(17)25-11/h8-13,15-16H,5-7H2,1-4H3,(H,20,21). The maximum atomic E-state index is 12.4. The second-order valence-corrected chi connectivity index (χ2v) is 8.75. The van der Waals surface area contributed by atoms with Gasteiger partial charge in [-0.3, -0.25) is 13.8 Å². The molecule has 12 heteroatoms. The molecule has 0 saturated carbocycles. The zero-order chi connectivity index (χ0) is 21.1. The first-order valence-electron chi connectivity index (χ1n) is 9.27. The van der Waals surface area contributed by atoms with Crippen LogP contribution in [0.1, 0.15) is 34.1 Å². The van der Waals surface area contributed by atoms with Gasteiger partial charge in [0.1, 0.15) is 27.9 Å². The minimum absolute atomic E-state index is 0.0212. The number of Topliss-reactive ketones (excluding diaryl/α,β-unsaturated/α-hetero) is 1. The lowest BCUT2D eigenvalue weighted by Gasteiger charge is -2.24. The first-order valence-corrected chi connectivity index (χ1v) is 10.8. The Hall–Kier alpha value is -0.250. The minimum atomic E-state index is -4.61. The van der Waals surface area contributed by atoms with Gasteiger partial charge in [-0.25, -0.2) is 4.57 Å². The third kappa shape index (κ3) is 6.92. The van der Waals surface area contributed by atoms with Gasteiger partial charge in [-0.2, -0.15) is 0 Å². The van der Waals surface area contributed by atoms with Crippen molar-refractivity contribution < 1.29 is 42.2 Å². The van der Waals surface area contributed by atoms with Crippen molar-refractivity contribution in [2.24, 2.45) is 0 Å². The summed E-state index contributed by atoms with van der Waals surface area (Å²) in [6.45, 7) is 7.00. The van der Waals surface area contributed by atoms with Gasteiger partial charge in [-0.1, -0.05) is 0 Å². The molecule has 0 bridgehead atoms. The lowest BCUT2D eigenvalue weighted by molar-refractivity contribution is -0.125. The van der Waals surface area contributed by atoms with Crippen molar-refractivity contribution in [3.63, 3.8) is 0 Å². The molecule has 0 aliphatic carbocycles. The van der Waals surface area contributed by atoms with Crippen LogP contribution in [0.5, 0.6) is 0 Å². The Morgan fingerprint density at radius 3 is 2.43 bits per heavy atom. The summed E-state index contributed by atoms with van der Waals surface area (Å²) in [5.41, 5.74) is 0.